The third-order valence-electron chi connectivity index (χ3n) is 4.91. The number of carbonyl (C=O) groups excluding carboxylic acids is 1. The Labute approximate surface area is 169 Å². The number of anilines is 2. The Hall–Kier alpha value is -3.29. The van der Waals surface area contributed by atoms with Crippen LogP contribution in [0.2, 0.25) is 0 Å². The lowest BCUT2D eigenvalue weighted by Crippen LogP contribution is -2.49. The van der Waals surface area contributed by atoms with Crippen molar-refractivity contribution in [1.29, 1.82) is 0 Å². The number of H-pyrrole nitrogens is 1. The number of benzene rings is 1. The molecular weight excluding hydrogens is 368 g/mol. The van der Waals surface area contributed by atoms with Crippen LogP contribution in [0.5, 0.6) is 5.75 Å². The van der Waals surface area contributed by atoms with Crippen molar-refractivity contribution in [2.75, 3.05) is 36.4 Å². The Bertz CT molecular complexity index is 1030. The molecule has 0 spiro atoms. The van der Waals surface area contributed by atoms with E-state index in [4.69, 9.17) is 0 Å². The van der Waals surface area contributed by atoms with Crippen molar-refractivity contribution in [3.8, 4) is 5.75 Å². The second kappa shape index (κ2) is 7.27. The first-order chi connectivity index (χ1) is 13.8. The van der Waals surface area contributed by atoms with Crippen LogP contribution in [0.3, 0.4) is 0 Å². The van der Waals surface area contributed by atoms with Gasteiger partial charge in [-0.05, 0) is 51.1 Å². The second-order valence-electron chi connectivity index (χ2n) is 8.38. The smallest absolute Gasteiger partial charge is 0.270 e. The van der Waals surface area contributed by atoms with Gasteiger partial charge in [0, 0.05) is 42.6 Å². The number of aromatic nitrogens is 3. The Morgan fingerprint density at radius 1 is 1.14 bits per heavy atom. The van der Waals surface area contributed by atoms with Gasteiger partial charge in [-0.15, -0.1) is 5.10 Å². The molecule has 29 heavy (non-hydrogen) atoms. The zero-order valence-corrected chi connectivity index (χ0v) is 16.9. The van der Waals surface area contributed by atoms with E-state index in [-0.39, 0.29) is 17.2 Å². The number of aromatic amines is 1. The quantitative estimate of drug-likeness (QED) is 0.632. The Balaban J connectivity index is 1.46. The molecule has 1 aliphatic heterocycles. The second-order valence-corrected chi connectivity index (χ2v) is 8.38. The lowest BCUT2D eigenvalue weighted by Gasteiger charge is -2.36. The van der Waals surface area contributed by atoms with Crippen LogP contribution in [0.25, 0.3) is 10.9 Å². The average Bonchev–Trinajstić information content (AvgIpc) is 3.10. The highest BCUT2D eigenvalue weighted by Crippen LogP contribution is 2.27. The maximum absolute atomic E-state index is 12.9. The summed E-state index contributed by atoms with van der Waals surface area (Å²) >= 11 is 0. The largest absolute Gasteiger partial charge is 0.508 e. The molecule has 0 aliphatic carbocycles. The zero-order valence-electron chi connectivity index (χ0n) is 16.9. The van der Waals surface area contributed by atoms with E-state index in [1.165, 1.54) is 0 Å². The molecule has 1 fully saturated rings. The van der Waals surface area contributed by atoms with E-state index in [1.54, 1.807) is 30.5 Å². The van der Waals surface area contributed by atoms with E-state index in [9.17, 15) is 9.90 Å². The van der Waals surface area contributed by atoms with E-state index >= 15 is 0 Å². The number of amides is 1. The first kappa shape index (κ1) is 19.0. The van der Waals surface area contributed by atoms with Gasteiger partial charge in [0.15, 0.2) is 5.82 Å². The number of hydrogen-bond donors (Lipinski definition) is 3. The molecule has 8 heteroatoms. The van der Waals surface area contributed by atoms with Gasteiger partial charge in [-0.3, -0.25) is 4.79 Å². The first-order valence-electron chi connectivity index (χ1n) is 9.76. The third kappa shape index (κ3) is 4.11. The van der Waals surface area contributed by atoms with Gasteiger partial charge in [-0.25, -0.2) is 0 Å². The Morgan fingerprint density at radius 2 is 1.90 bits per heavy atom. The summed E-state index contributed by atoms with van der Waals surface area (Å²) in [4.78, 5) is 20.1. The van der Waals surface area contributed by atoms with Crippen LogP contribution in [0.15, 0.2) is 36.5 Å². The topological polar surface area (TPSA) is 97.4 Å². The molecule has 8 nitrogen and oxygen atoms in total. The fraction of sp³-hybridized carbons (Fsp3) is 0.381. The first-order valence-corrected chi connectivity index (χ1v) is 9.76. The number of phenols is 1. The summed E-state index contributed by atoms with van der Waals surface area (Å²) in [5.41, 5.74) is 2.23. The molecule has 0 radical (unpaired) electrons. The number of hydrogen-bond acceptors (Lipinski definition) is 6. The molecule has 1 saturated heterocycles. The Kier molecular flexibility index (Phi) is 4.77. The van der Waals surface area contributed by atoms with Crippen LogP contribution >= 0.6 is 0 Å². The highest BCUT2D eigenvalue weighted by atomic mass is 16.3. The number of carbonyl (C=O) groups is 1. The Morgan fingerprint density at radius 3 is 2.62 bits per heavy atom. The minimum atomic E-state index is -0.0837. The summed E-state index contributed by atoms with van der Waals surface area (Å²) in [6, 6.07) is 8.76. The predicted molar refractivity (Wildman–Crippen MR) is 113 cm³/mol. The molecule has 3 N–H and O–H groups in total. The van der Waals surface area contributed by atoms with Crippen molar-refractivity contribution in [3.63, 3.8) is 0 Å². The van der Waals surface area contributed by atoms with E-state index in [0.717, 1.165) is 22.4 Å². The van der Waals surface area contributed by atoms with Gasteiger partial charge in [-0.2, -0.15) is 5.10 Å². The molecule has 1 aliphatic rings. The molecule has 3 aromatic rings. The molecule has 0 saturated carbocycles. The number of rotatable bonds is 3. The molecule has 4 rings (SSSR count). The fourth-order valence-electron chi connectivity index (χ4n) is 3.59. The number of nitrogens with one attached hydrogen (secondary N) is 2. The molecule has 3 heterocycles. The van der Waals surface area contributed by atoms with E-state index in [0.29, 0.717) is 31.9 Å². The minimum Gasteiger partial charge on any atom is -0.508 e. The molecule has 1 amide bonds. The van der Waals surface area contributed by atoms with Crippen molar-refractivity contribution in [2.24, 2.45) is 0 Å². The SMILES string of the molecule is CC(C)(C)Nc1ccnnc1N1CCN(C(=O)c2cc3cc(O)ccc3[nH]2)CC1. The fourth-order valence-corrected chi connectivity index (χ4v) is 3.59. The van der Waals surface area contributed by atoms with Crippen molar-refractivity contribution >= 4 is 28.3 Å². The summed E-state index contributed by atoms with van der Waals surface area (Å²) in [5.74, 6) is 0.968. The van der Waals surface area contributed by atoms with Gasteiger partial charge in [0.1, 0.15) is 11.4 Å². The summed E-state index contributed by atoms with van der Waals surface area (Å²) in [6.45, 7) is 8.89. The van der Waals surface area contributed by atoms with E-state index in [1.807, 2.05) is 11.0 Å². The number of aromatic hydroxyl groups is 1. The van der Waals surface area contributed by atoms with Crippen molar-refractivity contribution in [1.82, 2.24) is 20.1 Å². The van der Waals surface area contributed by atoms with Gasteiger partial charge < -0.3 is 25.2 Å². The molecule has 0 atom stereocenters. The zero-order chi connectivity index (χ0) is 20.6. The van der Waals surface area contributed by atoms with Gasteiger partial charge in [-0.1, -0.05) is 0 Å². The van der Waals surface area contributed by atoms with E-state index in [2.05, 4.69) is 46.2 Å². The van der Waals surface area contributed by atoms with E-state index < -0.39 is 0 Å². The molecule has 1 aromatic carbocycles. The van der Waals surface area contributed by atoms with Gasteiger partial charge in [0.05, 0.1) is 11.9 Å². The third-order valence-corrected chi connectivity index (χ3v) is 4.91. The molecule has 0 bridgehead atoms. The maximum atomic E-state index is 12.9. The average molecular weight is 394 g/mol. The monoisotopic (exact) mass is 394 g/mol. The summed E-state index contributed by atoms with van der Waals surface area (Å²) < 4.78 is 0. The van der Waals surface area contributed by atoms with Crippen molar-refractivity contribution in [3.05, 3.63) is 42.2 Å². The number of piperazine rings is 1. The minimum absolute atomic E-state index is 0.0347. The van der Waals surface area contributed by atoms with Crippen molar-refractivity contribution < 1.29 is 9.90 Å². The highest BCUT2D eigenvalue weighted by molar-refractivity contribution is 5.98. The predicted octanol–water partition coefficient (Wildman–Crippen LogP) is 2.84. The molecule has 2 aromatic heterocycles. The van der Waals surface area contributed by atoms with Crippen molar-refractivity contribution in [2.45, 2.75) is 26.3 Å². The van der Waals surface area contributed by atoms with Crippen LogP contribution < -0.4 is 10.2 Å². The number of nitrogens with zero attached hydrogens (tertiary/aromatic N) is 4. The van der Waals surface area contributed by atoms with Crippen LogP contribution in [-0.2, 0) is 0 Å². The normalized spacial score (nSPS) is 15.0. The molecular formula is C21H26N6O2. The lowest BCUT2D eigenvalue weighted by molar-refractivity contribution is 0.0741. The van der Waals surface area contributed by atoms with Crippen LogP contribution in [0.4, 0.5) is 11.5 Å². The summed E-state index contributed by atoms with van der Waals surface area (Å²) in [5, 5.41) is 22.3. The van der Waals surface area contributed by atoms with Crippen LogP contribution in [-0.4, -0.2) is 62.8 Å². The van der Waals surface area contributed by atoms with Crippen LogP contribution in [0, 0.1) is 0 Å². The summed E-state index contributed by atoms with van der Waals surface area (Å²) in [7, 11) is 0. The van der Waals surface area contributed by atoms with Gasteiger partial charge in [0.25, 0.3) is 5.91 Å². The van der Waals surface area contributed by atoms with Gasteiger partial charge >= 0.3 is 0 Å². The highest BCUT2D eigenvalue weighted by Gasteiger charge is 2.26. The summed E-state index contributed by atoms with van der Waals surface area (Å²) in [6.07, 6.45) is 1.69. The number of phenolic OH excluding ortho intramolecular Hbond substituents is 1. The maximum Gasteiger partial charge on any atom is 0.270 e. The lowest BCUT2D eigenvalue weighted by atomic mass is 10.1. The standard InChI is InChI=1S/C21H26N6O2/c1-21(2,3)24-17-6-7-22-25-19(17)26-8-10-27(11-9-26)20(29)18-13-14-12-15(28)4-5-16(14)23-18/h4-7,12-13,23,28H,8-11H2,1-3H3,(H,22,24). The van der Waals surface area contributed by atoms with Crippen LogP contribution in [0.1, 0.15) is 31.3 Å². The van der Waals surface area contributed by atoms with Gasteiger partial charge in [0.2, 0.25) is 0 Å². The number of fused-ring (bicyclic) bond motifs is 1. The molecule has 152 valence electrons. The molecule has 0 unspecified atom stereocenters.